The highest BCUT2D eigenvalue weighted by Gasteiger charge is 2.32. The van der Waals surface area contributed by atoms with Gasteiger partial charge < -0.3 is 20.1 Å². The Balaban J connectivity index is 1.76. The van der Waals surface area contributed by atoms with Crippen molar-refractivity contribution < 1.29 is 19.4 Å². The normalized spacial score (nSPS) is 24.4. The molecule has 0 aromatic heterocycles. The minimum absolute atomic E-state index is 0.0748. The molecule has 102 valence electrons. The Morgan fingerprint density at radius 2 is 2.17 bits per heavy atom. The van der Waals surface area contributed by atoms with Gasteiger partial charge in [0.1, 0.15) is 0 Å². The zero-order chi connectivity index (χ0) is 13.0. The minimum atomic E-state index is -1.01. The van der Waals surface area contributed by atoms with Crippen molar-refractivity contribution in [2.45, 2.75) is 31.7 Å². The fourth-order valence-electron chi connectivity index (χ4n) is 2.32. The molecule has 18 heavy (non-hydrogen) atoms. The predicted molar refractivity (Wildman–Crippen MR) is 64.3 cm³/mol. The van der Waals surface area contributed by atoms with Crippen molar-refractivity contribution in [2.24, 2.45) is 5.92 Å². The number of nitrogens with one attached hydrogen (secondary N) is 1. The summed E-state index contributed by atoms with van der Waals surface area (Å²) in [5.74, 6) is -0.269. The van der Waals surface area contributed by atoms with E-state index in [-0.39, 0.29) is 12.6 Å². The van der Waals surface area contributed by atoms with E-state index in [0.29, 0.717) is 19.7 Å². The van der Waals surface area contributed by atoms with Crippen LogP contribution < -0.4 is 5.32 Å². The van der Waals surface area contributed by atoms with Gasteiger partial charge in [0.25, 0.3) is 0 Å². The highest BCUT2D eigenvalue weighted by Crippen LogP contribution is 2.28. The minimum Gasteiger partial charge on any atom is -0.480 e. The Hall–Kier alpha value is -1.30. The van der Waals surface area contributed by atoms with E-state index >= 15 is 0 Å². The number of urea groups is 1. The van der Waals surface area contributed by atoms with E-state index in [2.05, 4.69) is 5.32 Å². The van der Waals surface area contributed by atoms with Gasteiger partial charge in [0.2, 0.25) is 0 Å². The third kappa shape index (κ3) is 3.13. The zero-order valence-corrected chi connectivity index (χ0v) is 10.4. The largest absolute Gasteiger partial charge is 0.480 e. The van der Waals surface area contributed by atoms with E-state index in [1.165, 1.54) is 24.2 Å². The maximum absolute atomic E-state index is 11.9. The van der Waals surface area contributed by atoms with E-state index < -0.39 is 12.0 Å². The Morgan fingerprint density at radius 1 is 1.39 bits per heavy atom. The maximum Gasteiger partial charge on any atom is 0.328 e. The number of carboxylic acids is 1. The van der Waals surface area contributed by atoms with Crippen molar-refractivity contribution in [3.8, 4) is 0 Å². The molecule has 0 bridgehead atoms. The number of hydrogen-bond acceptors (Lipinski definition) is 3. The van der Waals surface area contributed by atoms with E-state index in [9.17, 15) is 9.59 Å². The molecular formula is C12H20N2O4. The van der Waals surface area contributed by atoms with Crippen molar-refractivity contribution in [3.05, 3.63) is 0 Å². The predicted octanol–water partition coefficient (Wildman–Crippen LogP) is 0.672. The van der Waals surface area contributed by atoms with Crippen molar-refractivity contribution in [3.63, 3.8) is 0 Å². The zero-order valence-electron chi connectivity index (χ0n) is 10.4. The Labute approximate surface area is 106 Å². The number of aliphatic carboxylic acids is 1. The molecule has 2 N–H and O–H groups in total. The molecule has 2 aliphatic rings. The summed E-state index contributed by atoms with van der Waals surface area (Å²) in [5, 5.41) is 11.8. The molecule has 1 heterocycles. The molecule has 1 aliphatic carbocycles. The number of carbonyl (C=O) groups is 2. The molecule has 1 saturated carbocycles. The van der Waals surface area contributed by atoms with Gasteiger partial charge in [-0.05, 0) is 12.3 Å². The molecule has 2 amide bonds. The Kier molecular flexibility index (Phi) is 4.41. The summed E-state index contributed by atoms with van der Waals surface area (Å²) in [5.41, 5.74) is 0. The number of nitrogens with zero attached hydrogens (tertiary/aromatic N) is 1. The van der Waals surface area contributed by atoms with Gasteiger partial charge in [-0.3, -0.25) is 0 Å². The number of rotatable bonds is 4. The van der Waals surface area contributed by atoms with Crippen LogP contribution in [0.5, 0.6) is 0 Å². The number of hydrogen-bond donors (Lipinski definition) is 2. The smallest absolute Gasteiger partial charge is 0.328 e. The summed E-state index contributed by atoms with van der Waals surface area (Å²) in [6, 6.07) is -1.15. The van der Waals surface area contributed by atoms with Crippen LogP contribution in [0.2, 0.25) is 0 Å². The lowest BCUT2D eigenvalue weighted by Gasteiger charge is -2.33. The number of amides is 2. The molecule has 2 rings (SSSR count). The van der Waals surface area contributed by atoms with Crippen LogP contribution in [-0.2, 0) is 9.53 Å². The van der Waals surface area contributed by atoms with Gasteiger partial charge in [0.15, 0.2) is 6.04 Å². The summed E-state index contributed by atoms with van der Waals surface area (Å²) in [7, 11) is 0. The van der Waals surface area contributed by atoms with Gasteiger partial charge >= 0.3 is 12.0 Å². The van der Waals surface area contributed by atoms with Crippen LogP contribution in [0.3, 0.4) is 0 Å². The van der Waals surface area contributed by atoms with Crippen LogP contribution in [-0.4, -0.2) is 54.4 Å². The summed E-state index contributed by atoms with van der Waals surface area (Å²) >= 11 is 0. The van der Waals surface area contributed by atoms with Gasteiger partial charge in [-0.1, -0.05) is 19.3 Å². The standard InChI is InChI=1S/C12H20N2O4/c15-11(16)10-8-18-7-6-14(10)12(17)13-5-4-9-2-1-3-9/h9-10H,1-8H2,(H,13,17)(H,15,16). The third-order valence-electron chi connectivity index (χ3n) is 3.73. The second-order valence-electron chi connectivity index (χ2n) is 4.94. The first-order valence-corrected chi connectivity index (χ1v) is 6.53. The molecule has 0 aromatic rings. The van der Waals surface area contributed by atoms with Crippen molar-refractivity contribution in [1.29, 1.82) is 0 Å². The van der Waals surface area contributed by atoms with Crippen LogP contribution in [0.15, 0.2) is 0 Å². The van der Waals surface area contributed by atoms with Crippen LogP contribution in [0, 0.1) is 5.92 Å². The third-order valence-corrected chi connectivity index (χ3v) is 3.73. The molecule has 0 radical (unpaired) electrons. The summed E-state index contributed by atoms with van der Waals surface area (Å²) in [4.78, 5) is 24.3. The summed E-state index contributed by atoms with van der Waals surface area (Å²) in [6.07, 6.45) is 4.80. The Morgan fingerprint density at radius 3 is 2.78 bits per heavy atom. The highest BCUT2D eigenvalue weighted by atomic mass is 16.5. The first-order valence-electron chi connectivity index (χ1n) is 6.53. The molecule has 1 atom stereocenters. The van der Waals surface area contributed by atoms with Crippen LogP contribution in [0.1, 0.15) is 25.7 Å². The van der Waals surface area contributed by atoms with Gasteiger partial charge in [-0.25, -0.2) is 9.59 Å². The first-order chi connectivity index (χ1) is 8.68. The molecule has 0 aromatic carbocycles. The topological polar surface area (TPSA) is 78.9 Å². The molecule has 2 fully saturated rings. The van der Waals surface area contributed by atoms with Gasteiger partial charge in [0.05, 0.1) is 13.2 Å². The van der Waals surface area contributed by atoms with Crippen molar-refractivity contribution >= 4 is 12.0 Å². The van der Waals surface area contributed by atoms with Gasteiger partial charge in [-0.15, -0.1) is 0 Å². The quantitative estimate of drug-likeness (QED) is 0.775. The van der Waals surface area contributed by atoms with Crippen molar-refractivity contribution in [1.82, 2.24) is 10.2 Å². The monoisotopic (exact) mass is 256 g/mol. The van der Waals surface area contributed by atoms with E-state index in [1.807, 2.05) is 0 Å². The molecule has 6 nitrogen and oxygen atoms in total. The van der Waals surface area contributed by atoms with Crippen molar-refractivity contribution in [2.75, 3.05) is 26.3 Å². The summed E-state index contributed by atoms with van der Waals surface area (Å²) < 4.78 is 5.09. The highest BCUT2D eigenvalue weighted by molar-refractivity contribution is 5.82. The van der Waals surface area contributed by atoms with Crippen LogP contribution in [0.4, 0.5) is 4.79 Å². The van der Waals surface area contributed by atoms with Crippen LogP contribution >= 0.6 is 0 Å². The van der Waals surface area contributed by atoms with Gasteiger partial charge in [-0.2, -0.15) is 0 Å². The molecule has 1 saturated heterocycles. The van der Waals surface area contributed by atoms with Crippen LogP contribution in [0.25, 0.3) is 0 Å². The second-order valence-corrected chi connectivity index (χ2v) is 4.94. The number of carboxylic acid groups (broad SMARTS) is 1. The van der Waals surface area contributed by atoms with E-state index in [0.717, 1.165) is 12.3 Å². The average molecular weight is 256 g/mol. The first kappa shape index (κ1) is 13.1. The Bertz CT molecular complexity index is 317. The lowest BCUT2D eigenvalue weighted by Crippen LogP contribution is -2.55. The second kappa shape index (κ2) is 6.04. The molecule has 1 aliphatic heterocycles. The average Bonchev–Trinajstić information content (AvgIpc) is 2.32. The lowest BCUT2D eigenvalue weighted by atomic mass is 9.83. The lowest BCUT2D eigenvalue weighted by molar-refractivity contribution is -0.147. The number of carbonyl (C=O) groups excluding carboxylic acids is 1. The fourth-order valence-corrected chi connectivity index (χ4v) is 2.32. The van der Waals surface area contributed by atoms with E-state index in [1.54, 1.807) is 0 Å². The molecule has 6 heteroatoms. The van der Waals surface area contributed by atoms with E-state index in [4.69, 9.17) is 9.84 Å². The number of ether oxygens (including phenoxy) is 1. The summed E-state index contributed by atoms with van der Waals surface area (Å²) in [6.45, 7) is 1.45. The molecule has 1 unspecified atom stereocenters. The van der Waals surface area contributed by atoms with Gasteiger partial charge in [0, 0.05) is 13.1 Å². The maximum atomic E-state index is 11.9. The number of morpholine rings is 1. The molecular weight excluding hydrogens is 236 g/mol. The SMILES string of the molecule is O=C(O)C1COCCN1C(=O)NCCC1CCC1. The molecule has 0 spiro atoms. The fraction of sp³-hybridized carbons (Fsp3) is 0.833.